The van der Waals surface area contributed by atoms with E-state index in [1.165, 1.54) is 0 Å². The highest BCUT2D eigenvalue weighted by atomic mass is 32.1. The molecule has 0 aliphatic carbocycles. The van der Waals surface area contributed by atoms with Crippen molar-refractivity contribution in [3.8, 4) is 0 Å². The minimum absolute atomic E-state index is 0.0390. The molecular weight excluding hydrogens is 243 g/mol. The number of hydrogen-bond acceptors (Lipinski definition) is 2. The maximum atomic E-state index is 11.8. The highest BCUT2D eigenvalue weighted by Crippen LogP contribution is 2.12. The van der Waals surface area contributed by atoms with Gasteiger partial charge in [0.15, 0.2) is 0 Å². The lowest BCUT2D eigenvalue weighted by Crippen LogP contribution is -2.51. The van der Waals surface area contributed by atoms with Gasteiger partial charge in [0.25, 0.3) is 0 Å². The predicted molar refractivity (Wildman–Crippen MR) is 58.0 cm³/mol. The largest absolute Gasteiger partial charge is 0.405 e. The molecule has 4 N–H and O–H groups in total. The summed E-state index contributed by atoms with van der Waals surface area (Å²) in [6, 6.07) is -1.56. The smallest absolute Gasteiger partial charge is 0.392 e. The number of halogens is 3. The first-order valence-electron chi connectivity index (χ1n) is 4.54. The quantitative estimate of drug-likeness (QED) is 0.662. The van der Waals surface area contributed by atoms with Crippen LogP contribution in [0.1, 0.15) is 13.8 Å². The fourth-order valence-electron chi connectivity index (χ4n) is 0.939. The van der Waals surface area contributed by atoms with E-state index >= 15 is 0 Å². The molecular formula is C8H14F3N3OS. The molecule has 1 unspecified atom stereocenters. The minimum atomic E-state index is -4.44. The lowest BCUT2D eigenvalue weighted by atomic mass is 10.1. The molecule has 1 atom stereocenters. The van der Waals surface area contributed by atoms with Crippen molar-refractivity contribution in [2.24, 2.45) is 11.7 Å². The summed E-state index contributed by atoms with van der Waals surface area (Å²) in [5.41, 5.74) is 5.33. The van der Waals surface area contributed by atoms with Crippen LogP contribution in [0.5, 0.6) is 0 Å². The highest BCUT2D eigenvalue weighted by molar-refractivity contribution is 7.80. The van der Waals surface area contributed by atoms with Crippen molar-refractivity contribution >= 4 is 23.2 Å². The third-order valence-corrected chi connectivity index (χ3v) is 1.96. The lowest BCUT2D eigenvalue weighted by Gasteiger charge is -2.21. The van der Waals surface area contributed by atoms with Crippen molar-refractivity contribution in [2.45, 2.75) is 26.1 Å². The number of carbonyl (C=O) groups is 1. The summed E-state index contributed by atoms with van der Waals surface area (Å²) < 4.78 is 35.3. The van der Waals surface area contributed by atoms with E-state index in [2.05, 4.69) is 17.5 Å². The van der Waals surface area contributed by atoms with E-state index in [1.54, 1.807) is 19.2 Å². The zero-order valence-electron chi connectivity index (χ0n) is 8.89. The Morgan fingerprint density at radius 1 is 1.44 bits per heavy atom. The molecule has 8 heteroatoms. The van der Waals surface area contributed by atoms with Gasteiger partial charge in [-0.2, -0.15) is 13.2 Å². The van der Waals surface area contributed by atoms with E-state index in [0.29, 0.717) is 0 Å². The molecule has 0 saturated heterocycles. The SMILES string of the molecule is CC(C)C(NC(=O)NCC(F)(F)F)C(N)=S. The van der Waals surface area contributed by atoms with Crippen molar-refractivity contribution in [1.82, 2.24) is 10.6 Å². The minimum Gasteiger partial charge on any atom is -0.392 e. The van der Waals surface area contributed by atoms with Gasteiger partial charge < -0.3 is 16.4 Å². The van der Waals surface area contributed by atoms with Crippen LogP contribution in [0.4, 0.5) is 18.0 Å². The van der Waals surface area contributed by atoms with Gasteiger partial charge in [-0.25, -0.2) is 4.79 Å². The maximum absolute atomic E-state index is 11.8. The van der Waals surface area contributed by atoms with Crippen LogP contribution in [-0.4, -0.2) is 29.8 Å². The van der Waals surface area contributed by atoms with Gasteiger partial charge in [-0.1, -0.05) is 26.1 Å². The van der Waals surface area contributed by atoms with Gasteiger partial charge in [0.1, 0.15) is 6.54 Å². The molecule has 0 bridgehead atoms. The highest BCUT2D eigenvalue weighted by Gasteiger charge is 2.28. The number of thiocarbonyl (C=S) groups is 1. The lowest BCUT2D eigenvalue weighted by molar-refractivity contribution is -0.122. The number of nitrogens with two attached hydrogens (primary N) is 1. The van der Waals surface area contributed by atoms with Crippen LogP contribution in [0, 0.1) is 5.92 Å². The fourth-order valence-corrected chi connectivity index (χ4v) is 1.27. The Morgan fingerprint density at radius 2 is 1.94 bits per heavy atom. The number of carbonyl (C=O) groups excluding carboxylic acids is 1. The van der Waals surface area contributed by atoms with E-state index in [1.807, 2.05) is 0 Å². The van der Waals surface area contributed by atoms with E-state index in [-0.39, 0.29) is 10.9 Å². The molecule has 16 heavy (non-hydrogen) atoms. The van der Waals surface area contributed by atoms with Crippen LogP contribution in [0.3, 0.4) is 0 Å². The fraction of sp³-hybridized carbons (Fsp3) is 0.750. The van der Waals surface area contributed by atoms with E-state index in [4.69, 9.17) is 5.73 Å². The molecule has 0 aliphatic rings. The van der Waals surface area contributed by atoms with Crippen LogP contribution in [-0.2, 0) is 0 Å². The summed E-state index contributed by atoms with van der Waals surface area (Å²) in [5.74, 6) is -0.0888. The molecule has 0 heterocycles. The molecule has 0 aliphatic heterocycles. The molecule has 0 aromatic rings. The van der Waals surface area contributed by atoms with Crippen LogP contribution in [0.15, 0.2) is 0 Å². The first-order chi connectivity index (χ1) is 7.13. The second kappa shape index (κ2) is 5.88. The maximum Gasteiger partial charge on any atom is 0.405 e. The van der Waals surface area contributed by atoms with Crippen molar-refractivity contribution in [3.05, 3.63) is 0 Å². The normalized spacial score (nSPS) is 13.4. The van der Waals surface area contributed by atoms with Gasteiger partial charge in [0.05, 0.1) is 11.0 Å². The number of rotatable bonds is 4. The second-order valence-electron chi connectivity index (χ2n) is 3.57. The molecule has 0 radical (unpaired) electrons. The molecule has 2 amide bonds. The zero-order chi connectivity index (χ0) is 12.9. The molecule has 0 rings (SSSR count). The summed E-state index contributed by atoms with van der Waals surface area (Å²) in [6.07, 6.45) is -4.44. The monoisotopic (exact) mass is 257 g/mol. The van der Waals surface area contributed by atoms with Gasteiger partial charge in [-0.3, -0.25) is 0 Å². The van der Waals surface area contributed by atoms with Gasteiger partial charge >= 0.3 is 12.2 Å². The Hall–Kier alpha value is -1.05. The summed E-state index contributed by atoms with van der Waals surface area (Å²) in [4.78, 5) is 11.1. The summed E-state index contributed by atoms with van der Waals surface area (Å²) in [6.45, 7) is 2.10. The third-order valence-electron chi connectivity index (χ3n) is 1.71. The number of urea groups is 1. The topological polar surface area (TPSA) is 67.2 Å². The van der Waals surface area contributed by atoms with Gasteiger partial charge in [0, 0.05) is 0 Å². The predicted octanol–water partition coefficient (Wildman–Crippen LogP) is 1.16. The summed E-state index contributed by atoms with van der Waals surface area (Å²) in [5, 5.41) is 3.94. The van der Waals surface area contributed by atoms with Crippen molar-refractivity contribution in [3.63, 3.8) is 0 Å². The number of alkyl halides is 3. The molecule has 94 valence electrons. The van der Waals surface area contributed by atoms with Crippen molar-refractivity contribution in [1.29, 1.82) is 0 Å². The Balaban J connectivity index is 4.17. The van der Waals surface area contributed by atoms with Crippen LogP contribution >= 0.6 is 12.2 Å². The summed E-state index contributed by atoms with van der Waals surface area (Å²) >= 11 is 4.68. The number of nitrogens with one attached hydrogen (secondary N) is 2. The molecule has 0 aromatic carbocycles. The molecule has 0 fully saturated rings. The number of amides is 2. The number of hydrogen-bond donors (Lipinski definition) is 3. The van der Waals surface area contributed by atoms with Gasteiger partial charge in [-0.05, 0) is 5.92 Å². The molecule has 0 spiro atoms. The van der Waals surface area contributed by atoms with Gasteiger partial charge in [0.2, 0.25) is 0 Å². The van der Waals surface area contributed by atoms with Crippen molar-refractivity contribution in [2.75, 3.05) is 6.54 Å². The standard InChI is InChI=1S/C8H14F3N3OS/c1-4(2)5(6(12)16)14-7(15)13-3-8(9,10)11/h4-5H,3H2,1-2H3,(H2,12,16)(H2,13,14,15). The Labute approximate surface area is 96.8 Å². The van der Waals surface area contributed by atoms with E-state index in [9.17, 15) is 18.0 Å². The Bertz CT molecular complexity index is 268. The average molecular weight is 257 g/mol. The van der Waals surface area contributed by atoms with Crippen LogP contribution < -0.4 is 16.4 Å². The first kappa shape index (κ1) is 14.9. The van der Waals surface area contributed by atoms with E-state index < -0.39 is 24.8 Å². The van der Waals surface area contributed by atoms with E-state index in [0.717, 1.165) is 0 Å². The zero-order valence-corrected chi connectivity index (χ0v) is 9.71. The van der Waals surface area contributed by atoms with Crippen molar-refractivity contribution < 1.29 is 18.0 Å². The van der Waals surface area contributed by atoms with Gasteiger partial charge in [-0.15, -0.1) is 0 Å². The average Bonchev–Trinajstić information content (AvgIpc) is 2.08. The van der Waals surface area contributed by atoms with Crippen LogP contribution in [0.2, 0.25) is 0 Å². The molecule has 4 nitrogen and oxygen atoms in total. The molecule has 0 aromatic heterocycles. The summed E-state index contributed by atoms with van der Waals surface area (Å²) in [7, 11) is 0. The molecule has 0 saturated carbocycles. The van der Waals surface area contributed by atoms with Crippen LogP contribution in [0.25, 0.3) is 0 Å². The Kier molecular flexibility index (Phi) is 5.49. The third kappa shape index (κ3) is 6.44. The first-order valence-corrected chi connectivity index (χ1v) is 4.94. The Morgan fingerprint density at radius 3 is 2.25 bits per heavy atom. The second-order valence-corrected chi connectivity index (χ2v) is 4.04.